The summed E-state index contributed by atoms with van der Waals surface area (Å²) in [6.07, 6.45) is -4.19. The molecular weight excluding hydrogens is 424 g/mol. The first kappa shape index (κ1) is 21.7. The molecule has 3 rings (SSSR count). The first-order chi connectivity index (χ1) is 14.3. The number of urea groups is 1. The number of nitrogens with zero attached hydrogens (tertiary/aromatic N) is 4. The Hall–Kier alpha value is -4.01. The van der Waals surface area contributed by atoms with Crippen LogP contribution in [0, 0.1) is 17.1 Å². The first-order valence-corrected chi connectivity index (χ1v) is 8.49. The summed E-state index contributed by atoms with van der Waals surface area (Å²) in [4.78, 5) is 41.6. The van der Waals surface area contributed by atoms with Gasteiger partial charge < -0.3 is 5.11 Å². The Morgan fingerprint density at radius 1 is 1.19 bits per heavy atom. The third-order valence-electron chi connectivity index (χ3n) is 4.65. The molecule has 2 aromatic rings. The van der Waals surface area contributed by atoms with Crippen molar-refractivity contribution in [2.24, 2.45) is 0 Å². The SMILES string of the molecule is CC1(C)C(=O)N(c2cnc(C#N)c(C(F)(F)F)c2)C(=O)N1c1ccc(C(=O)O)c(F)c1. The second kappa shape index (κ2) is 7.05. The fraction of sp³-hybridized carbons (Fsp3) is 0.211. The topological polar surface area (TPSA) is 115 Å². The van der Waals surface area contributed by atoms with Gasteiger partial charge in [-0.15, -0.1) is 0 Å². The molecule has 0 atom stereocenters. The second-order valence-corrected chi connectivity index (χ2v) is 6.99. The zero-order valence-corrected chi connectivity index (χ0v) is 15.9. The molecule has 1 aliphatic rings. The molecule has 0 saturated carbocycles. The van der Waals surface area contributed by atoms with Crippen molar-refractivity contribution in [3.8, 4) is 6.07 Å². The van der Waals surface area contributed by atoms with Gasteiger partial charge in [0.1, 0.15) is 17.4 Å². The van der Waals surface area contributed by atoms with E-state index in [4.69, 9.17) is 10.4 Å². The quantitative estimate of drug-likeness (QED) is 0.581. The number of hydrogen-bond donors (Lipinski definition) is 1. The van der Waals surface area contributed by atoms with Crippen molar-refractivity contribution in [1.82, 2.24) is 4.98 Å². The van der Waals surface area contributed by atoms with Crippen LogP contribution < -0.4 is 9.80 Å². The normalized spacial score (nSPS) is 15.9. The third kappa shape index (κ3) is 3.43. The van der Waals surface area contributed by atoms with Crippen molar-refractivity contribution in [3.05, 3.63) is 53.1 Å². The van der Waals surface area contributed by atoms with Gasteiger partial charge in [-0.2, -0.15) is 18.4 Å². The maximum atomic E-state index is 14.1. The number of alkyl halides is 3. The molecule has 8 nitrogen and oxygen atoms in total. The monoisotopic (exact) mass is 436 g/mol. The van der Waals surface area contributed by atoms with E-state index in [0.717, 1.165) is 29.3 Å². The average Bonchev–Trinajstić information content (AvgIpc) is 2.84. The maximum Gasteiger partial charge on any atom is 0.419 e. The van der Waals surface area contributed by atoms with Crippen LogP contribution in [0.1, 0.15) is 35.5 Å². The molecule has 0 spiro atoms. The van der Waals surface area contributed by atoms with E-state index in [9.17, 15) is 31.9 Å². The van der Waals surface area contributed by atoms with Crippen LogP contribution >= 0.6 is 0 Å². The lowest BCUT2D eigenvalue weighted by Crippen LogP contribution is -2.44. The summed E-state index contributed by atoms with van der Waals surface area (Å²) in [5, 5.41) is 17.8. The van der Waals surface area contributed by atoms with Crippen molar-refractivity contribution in [2.45, 2.75) is 25.6 Å². The van der Waals surface area contributed by atoms with Gasteiger partial charge in [0.25, 0.3) is 5.91 Å². The number of rotatable bonds is 3. The van der Waals surface area contributed by atoms with Crippen LogP contribution in [-0.2, 0) is 11.0 Å². The highest BCUT2D eigenvalue weighted by atomic mass is 19.4. The molecule has 31 heavy (non-hydrogen) atoms. The summed E-state index contributed by atoms with van der Waals surface area (Å²) in [6.45, 7) is 2.58. The van der Waals surface area contributed by atoms with Crippen molar-refractivity contribution >= 4 is 29.3 Å². The van der Waals surface area contributed by atoms with Gasteiger partial charge in [-0.3, -0.25) is 9.69 Å². The summed E-state index contributed by atoms with van der Waals surface area (Å²) in [5.74, 6) is -3.64. The number of nitriles is 1. The van der Waals surface area contributed by atoms with E-state index in [-0.39, 0.29) is 5.69 Å². The minimum absolute atomic E-state index is 0.175. The Kier molecular flexibility index (Phi) is 4.93. The molecule has 12 heteroatoms. The predicted molar refractivity (Wildman–Crippen MR) is 96.8 cm³/mol. The predicted octanol–water partition coefficient (Wildman–Crippen LogP) is 3.56. The summed E-state index contributed by atoms with van der Waals surface area (Å²) in [5.41, 5.74) is -5.38. The summed E-state index contributed by atoms with van der Waals surface area (Å²) in [7, 11) is 0. The van der Waals surface area contributed by atoms with Crippen LogP contribution in [0.25, 0.3) is 0 Å². The van der Waals surface area contributed by atoms with Crippen LogP contribution in [0.3, 0.4) is 0 Å². The fourth-order valence-electron chi connectivity index (χ4n) is 3.15. The molecule has 1 saturated heterocycles. The molecule has 1 fully saturated rings. The zero-order chi connectivity index (χ0) is 23.3. The number of anilines is 2. The molecular formula is C19H12F4N4O4. The molecule has 1 N–H and O–H groups in total. The van der Waals surface area contributed by atoms with Gasteiger partial charge in [-0.25, -0.2) is 23.9 Å². The molecule has 160 valence electrons. The first-order valence-electron chi connectivity index (χ1n) is 8.49. The average molecular weight is 436 g/mol. The van der Waals surface area contributed by atoms with E-state index in [1.165, 1.54) is 19.9 Å². The highest BCUT2D eigenvalue weighted by Crippen LogP contribution is 2.39. The Morgan fingerprint density at radius 2 is 1.84 bits per heavy atom. The summed E-state index contributed by atoms with van der Waals surface area (Å²) in [6, 6.07) is 3.38. The van der Waals surface area contributed by atoms with Crippen molar-refractivity contribution in [2.75, 3.05) is 9.80 Å². The highest BCUT2D eigenvalue weighted by molar-refractivity contribution is 6.30. The highest BCUT2D eigenvalue weighted by Gasteiger charge is 2.53. The Bertz CT molecular complexity index is 1170. The summed E-state index contributed by atoms with van der Waals surface area (Å²) >= 11 is 0. The number of pyridine rings is 1. The van der Waals surface area contributed by atoms with E-state index in [1.807, 2.05) is 0 Å². The zero-order valence-electron chi connectivity index (χ0n) is 15.9. The number of amides is 3. The van der Waals surface area contributed by atoms with Gasteiger partial charge in [0.15, 0.2) is 5.69 Å². The molecule has 1 aromatic carbocycles. The Labute approximate surface area is 171 Å². The van der Waals surface area contributed by atoms with E-state index >= 15 is 0 Å². The van der Waals surface area contributed by atoms with E-state index < -0.39 is 57.9 Å². The number of carbonyl (C=O) groups excluding carboxylic acids is 2. The Morgan fingerprint density at radius 3 is 2.35 bits per heavy atom. The minimum Gasteiger partial charge on any atom is -0.478 e. The van der Waals surface area contributed by atoms with Gasteiger partial charge in [0.2, 0.25) is 0 Å². The molecule has 1 aliphatic heterocycles. The van der Waals surface area contributed by atoms with Crippen LogP contribution in [0.2, 0.25) is 0 Å². The smallest absolute Gasteiger partial charge is 0.419 e. The maximum absolute atomic E-state index is 14.1. The van der Waals surface area contributed by atoms with Crippen molar-refractivity contribution in [1.29, 1.82) is 5.26 Å². The number of imide groups is 1. The standard InChI is InChI=1S/C19H12F4N4O4/c1-18(2)16(30)26(10-5-12(19(21,22)23)14(7-24)25-8-10)17(31)27(18)9-3-4-11(15(28)29)13(20)6-9/h3-6,8H,1-2H3,(H,28,29). The van der Waals surface area contributed by atoms with Gasteiger partial charge in [0.05, 0.1) is 23.0 Å². The molecule has 0 bridgehead atoms. The number of carboxylic acid groups (broad SMARTS) is 1. The molecule has 2 heterocycles. The number of aromatic nitrogens is 1. The van der Waals surface area contributed by atoms with Crippen LogP contribution in [-0.4, -0.2) is 33.5 Å². The van der Waals surface area contributed by atoms with E-state index in [0.29, 0.717) is 11.0 Å². The minimum atomic E-state index is -4.97. The molecule has 0 unspecified atom stereocenters. The number of carbonyl (C=O) groups is 3. The van der Waals surface area contributed by atoms with Gasteiger partial charge in [-0.1, -0.05) is 0 Å². The lowest BCUT2D eigenvalue weighted by molar-refractivity contribution is -0.138. The van der Waals surface area contributed by atoms with Gasteiger partial charge >= 0.3 is 18.2 Å². The summed E-state index contributed by atoms with van der Waals surface area (Å²) < 4.78 is 53.9. The van der Waals surface area contributed by atoms with E-state index in [1.54, 1.807) is 0 Å². The van der Waals surface area contributed by atoms with E-state index in [2.05, 4.69) is 4.98 Å². The Balaban J connectivity index is 2.12. The largest absolute Gasteiger partial charge is 0.478 e. The van der Waals surface area contributed by atoms with Gasteiger partial charge in [-0.05, 0) is 38.1 Å². The fourth-order valence-corrected chi connectivity index (χ4v) is 3.15. The van der Waals surface area contributed by atoms with Crippen LogP contribution in [0.5, 0.6) is 0 Å². The third-order valence-corrected chi connectivity index (χ3v) is 4.65. The lowest BCUT2D eigenvalue weighted by Gasteiger charge is -2.27. The number of hydrogen-bond acceptors (Lipinski definition) is 5. The molecule has 1 aromatic heterocycles. The number of halogens is 4. The molecule has 3 amide bonds. The number of carboxylic acids is 1. The van der Waals surface area contributed by atoms with Gasteiger partial charge in [0, 0.05) is 5.69 Å². The van der Waals surface area contributed by atoms with Crippen molar-refractivity contribution in [3.63, 3.8) is 0 Å². The second-order valence-electron chi connectivity index (χ2n) is 6.99. The molecule has 0 aliphatic carbocycles. The van der Waals surface area contributed by atoms with Crippen LogP contribution in [0.4, 0.5) is 33.7 Å². The number of aromatic carboxylic acids is 1. The van der Waals surface area contributed by atoms with Crippen molar-refractivity contribution < 1.29 is 37.1 Å². The lowest BCUT2D eigenvalue weighted by atomic mass is 10.0. The molecule has 0 radical (unpaired) electrons. The van der Waals surface area contributed by atoms with Crippen LogP contribution in [0.15, 0.2) is 30.5 Å². The number of benzene rings is 1.